The van der Waals surface area contributed by atoms with Gasteiger partial charge < -0.3 is 26.8 Å². The molecule has 46 heavy (non-hydrogen) atoms. The zero-order valence-corrected chi connectivity index (χ0v) is 28.6. The standard InChI is InChI=1S/C25H22P.C17H20O2.BrH/c1-5-13-22(14-6-1)21-26(23-15-7-2-8-16-23,24-17-9-3-10-18-24)25-19-11-4-12-20-25;18-13-6-14-19-17-10-5-4-9-16(17)12-11-15-7-2-1-3-8-15;/h1-20H,21H2;1-5,7-10,18H,6,11-14H2;1H/q+1;;/p-1. The van der Waals surface area contributed by atoms with E-state index in [-0.39, 0.29) is 23.6 Å². The highest BCUT2D eigenvalue weighted by Crippen LogP contribution is 2.58. The third-order valence-electron chi connectivity index (χ3n) is 7.91. The summed E-state index contributed by atoms with van der Waals surface area (Å²) in [5.74, 6) is 0.937. The third kappa shape index (κ3) is 9.50. The molecule has 234 valence electrons. The van der Waals surface area contributed by atoms with Gasteiger partial charge in [-0.2, -0.15) is 0 Å². The first-order chi connectivity index (χ1) is 22.3. The number of para-hydroxylation sites is 1. The fourth-order valence-electron chi connectivity index (χ4n) is 5.65. The molecule has 0 spiro atoms. The van der Waals surface area contributed by atoms with Gasteiger partial charge in [0.15, 0.2) is 0 Å². The van der Waals surface area contributed by atoms with Crippen LogP contribution in [-0.2, 0) is 19.0 Å². The zero-order chi connectivity index (χ0) is 31.0. The van der Waals surface area contributed by atoms with Crippen molar-refractivity contribution in [2.45, 2.75) is 25.4 Å². The molecule has 0 aliphatic rings. The van der Waals surface area contributed by atoms with Gasteiger partial charge in [0.25, 0.3) is 0 Å². The summed E-state index contributed by atoms with van der Waals surface area (Å²) in [6.07, 6.45) is 3.69. The predicted molar refractivity (Wildman–Crippen MR) is 193 cm³/mol. The highest BCUT2D eigenvalue weighted by atomic mass is 79.9. The lowest BCUT2D eigenvalue weighted by molar-refractivity contribution is -0.0000107. The van der Waals surface area contributed by atoms with Crippen LogP contribution in [0.1, 0.15) is 23.1 Å². The molecular formula is C42H42BrO2P. The van der Waals surface area contributed by atoms with Crippen LogP contribution >= 0.6 is 7.26 Å². The normalized spacial score (nSPS) is 10.6. The minimum Gasteiger partial charge on any atom is -1.00 e. The molecular weight excluding hydrogens is 647 g/mol. The van der Waals surface area contributed by atoms with E-state index in [1.54, 1.807) is 0 Å². The predicted octanol–water partition coefficient (Wildman–Crippen LogP) is 5.42. The molecule has 0 fully saturated rings. The molecule has 0 amide bonds. The van der Waals surface area contributed by atoms with E-state index in [1.807, 2.05) is 24.3 Å². The van der Waals surface area contributed by atoms with Crippen LogP contribution in [0, 0.1) is 0 Å². The summed E-state index contributed by atoms with van der Waals surface area (Å²) >= 11 is 0. The van der Waals surface area contributed by atoms with Crippen molar-refractivity contribution < 1.29 is 26.8 Å². The van der Waals surface area contributed by atoms with Crippen LogP contribution < -0.4 is 37.6 Å². The van der Waals surface area contributed by atoms with Gasteiger partial charge in [0, 0.05) is 13.0 Å². The monoisotopic (exact) mass is 688 g/mol. The Morgan fingerprint density at radius 1 is 0.457 bits per heavy atom. The maximum Gasteiger partial charge on any atom is 0.122 e. The molecule has 0 aromatic heterocycles. The van der Waals surface area contributed by atoms with Gasteiger partial charge >= 0.3 is 0 Å². The van der Waals surface area contributed by atoms with Gasteiger partial charge in [0.05, 0.1) is 12.8 Å². The van der Waals surface area contributed by atoms with Crippen molar-refractivity contribution in [2.24, 2.45) is 0 Å². The first-order valence-corrected chi connectivity index (χ1v) is 17.7. The molecule has 2 nitrogen and oxygen atoms in total. The van der Waals surface area contributed by atoms with Gasteiger partial charge in [0.2, 0.25) is 0 Å². The Kier molecular flexibility index (Phi) is 14.3. The zero-order valence-electron chi connectivity index (χ0n) is 26.2. The lowest BCUT2D eigenvalue weighted by atomic mass is 10.0. The Balaban J connectivity index is 0.000000215. The van der Waals surface area contributed by atoms with Crippen LogP contribution in [0.25, 0.3) is 0 Å². The number of aliphatic hydroxyl groups excluding tert-OH is 1. The summed E-state index contributed by atoms with van der Waals surface area (Å²) in [5, 5.41) is 13.1. The molecule has 0 aliphatic carbocycles. The Hall–Kier alpha value is -4.01. The molecule has 4 heteroatoms. The molecule has 6 aromatic carbocycles. The minimum absolute atomic E-state index is 0. The molecule has 0 aliphatic heterocycles. The Morgan fingerprint density at radius 2 is 0.870 bits per heavy atom. The molecule has 0 unspecified atom stereocenters. The summed E-state index contributed by atoms with van der Waals surface area (Å²) in [4.78, 5) is 0. The van der Waals surface area contributed by atoms with Crippen LogP contribution in [0.4, 0.5) is 0 Å². The average molecular weight is 690 g/mol. The summed E-state index contributed by atoms with van der Waals surface area (Å²) < 4.78 is 5.71. The van der Waals surface area contributed by atoms with Gasteiger partial charge in [-0.15, -0.1) is 0 Å². The average Bonchev–Trinajstić information content (AvgIpc) is 3.12. The molecule has 0 saturated carbocycles. The van der Waals surface area contributed by atoms with Crippen molar-refractivity contribution in [1.29, 1.82) is 0 Å². The lowest BCUT2D eigenvalue weighted by Gasteiger charge is -2.27. The molecule has 0 radical (unpaired) electrons. The van der Waals surface area contributed by atoms with Crippen molar-refractivity contribution in [3.8, 4) is 5.75 Å². The minimum atomic E-state index is -1.78. The first kappa shape index (κ1) is 34.9. The highest BCUT2D eigenvalue weighted by Gasteiger charge is 2.45. The van der Waals surface area contributed by atoms with Gasteiger partial charge in [-0.25, -0.2) is 0 Å². The van der Waals surface area contributed by atoms with E-state index in [4.69, 9.17) is 9.84 Å². The van der Waals surface area contributed by atoms with Crippen molar-refractivity contribution in [2.75, 3.05) is 13.2 Å². The molecule has 6 rings (SSSR count). The molecule has 1 N–H and O–H groups in total. The van der Waals surface area contributed by atoms with Crippen molar-refractivity contribution >= 4 is 23.2 Å². The molecule has 0 heterocycles. The summed E-state index contributed by atoms with van der Waals surface area (Å²) in [6.45, 7) is 0.741. The lowest BCUT2D eigenvalue weighted by Crippen LogP contribution is -3.00. The number of hydrogen-bond acceptors (Lipinski definition) is 2. The Morgan fingerprint density at radius 3 is 1.35 bits per heavy atom. The highest BCUT2D eigenvalue weighted by molar-refractivity contribution is 7.95. The molecule has 0 atom stereocenters. The second-order valence-electron chi connectivity index (χ2n) is 11.0. The fraction of sp³-hybridized carbons (Fsp3) is 0.143. The topological polar surface area (TPSA) is 29.5 Å². The smallest absolute Gasteiger partial charge is 0.122 e. The van der Waals surface area contributed by atoms with Gasteiger partial charge in [-0.05, 0) is 72.0 Å². The summed E-state index contributed by atoms with van der Waals surface area (Å²) in [5.41, 5.74) is 3.95. The number of halogens is 1. The molecule has 6 aromatic rings. The van der Waals surface area contributed by atoms with E-state index in [2.05, 4.69) is 152 Å². The van der Waals surface area contributed by atoms with E-state index >= 15 is 0 Å². The number of aliphatic hydroxyl groups is 1. The van der Waals surface area contributed by atoms with Gasteiger partial charge in [-0.3, -0.25) is 0 Å². The van der Waals surface area contributed by atoms with Crippen molar-refractivity contribution in [3.63, 3.8) is 0 Å². The number of benzene rings is 6. The van der Waals surface area contributed by atoms with Crippen molar-refractivity contribution in [3.05, 3.63) is 193 Å². The van der Waals surface area contributed by atoms with E-state index < -0.39 is 7.26 Å². The number of rotatable bonds is 12. The van der Waals surface area contributed by atoms with Gasteiger partial charge in [0.1, 0.15) is 28.9 Å². The Bertz CT molecular complexity index is 1570. The van der Waals surface area contributed by atoms with Crippen molar-refractivity contribution in [1.82, 2.24) is 0 Å². The van der Waals surface area contributed by atoms with E-state index in [0.717, 1.165) is 24.8 Å². The van der Waals surface area contributed by atoms with E-state index in [0.29, 0.717) is 13.0 Å². The van der Waals surface area contributed by atoms with Crippen LogP contribution in [0.3, 0.4) is 0 Å². The summed E-state index contributed by atoms with van der Waals surface area (Å²) in [7, 11) is -1.78. The maximum atomic E-state index is 8.79. The number of ether oxygens (including phenoxy) is 1. The first-order valence-electron chi connectivity index (χ1n) is 15.7. The second kappa shape index (κ2) is 18.8. The summed E-state index contributed by atoms with van der Waals surface area (Å²) in [6, 6.07) is 62.6. The van der Waals surface area contributed by atoms with Crippen LogP contribution in [-0.4, -0.2) is 18.3 Å². The molecule has 0 bridgehead atoms. The number of aryl methyl sites for hydroxylation is 2. The van der Waals surface area contributed by atoms with Gasteiger partial charge in [-0.1, -0.05) is 133 Å². The molecule has 0 saturated heterocycles. The van der Waals surface area contributed by atoms with Crippen LogP contribution in [0.15, 0.2) is 176 Å². The quantitative estimate of drug-likeness (QED) is 0.138. The Labute approximate surface area is 285 Å². The second-order valence-corrected chi connectivity index (χ2v) is 14.5. The van der Waals surface area contributed by atoms with Crippen LogP contribution in [0.5, 0.6) is 5.75 Å². The largest absolute Gasteiger partial charge is 1.00 e. The van der Waals surface area contributed by atoms with E-state index in [9.17, 15) is 0 Å². The van der Waals surface area contributed by atoms with E-state index in [1.165, 1.54) is 32.6 Å². The third-order valence-corrected chi connectivity index (χ3v) is 12.3. The number of hydrogen-bond donors (Lipinski definition) is 1. The van der Waals surface area contributed by atoms with Crippen LogP contribution in [0.2, 0.25) is 0 Å². The fourth-order valence-corrected chi connectivity index (χ4v) is 9.89. The maximum absolute atomic E-state index is 8.79. The SMILES string of the molecule is OCCCOc1ccccc1CCc1ccccc1.[Br-].c1ccc(C[P+](c2ccccc2)(c2ccccc2)c2ccccc2)cc1.